The maximum absolute atomic E-state index is 12.5. The monoisotopic (exact) mass is 357 g/mol. The highest BCUT2D eigenvalue weighted by molar-refractivity contribution is 7.07. The molecule has 0 bridgehead atoms. The summed E-state index contributed by atoms with van der Waals surface area (Å²) in [5.41, 5.74) is 1.01. The van der Waals surface area contributed by atoms with Gasteiger partial charge in [-0.1, -0.05) is 12.1 Å². The van der Waals surface area contributed by atoms with Gasteiger partial charge in [0.05, 0.1) is 5.56 Å². The van der Waals surface area contributed by atoms with E-state index < -0.39 is 11.7 Å². The molecule has 0 spiro atoms. The maximum atomic E-state index is 12.5. The Kier molecular flexibility index (Phi) is 6.39. The molecule has 1 amide bonds. The molecule has 0 radical (unpaired) electrons. The number of aryl methyl sites for hydroxylation is 1. The highest BCUT2D eigenvalue weighted by Gasteiger charge is 2.29. The van der Waals surface area contributed by atoms with Crippen molar-refractivity contribution in [1.29, 1.82) is 0 Å². The lowest BCUT2D eigenvalue weighted by molar-refractivity contribution is -0.137. The molecule has 1 aromatic heterocycles. The van der Waals surface area contributed by atoms with Gasteiger partial charge < -0.3 is 10.1 Å². The van der Waals surface area contributed by atoms with Gasteiger partial charge in [-0.05, 0) is 46.5 Å². The Bertz CT molecular complexity index is 639. The fourth-order valence-corrected chi connectivity index (χ4v) is 2.91. The number of hydrogen-bond donors (Lipinski definition) is 1. The Morgan fingerprint density at radius 1 is 1.25 bits per heavy atom. The Balaban J connectivity index is 1.78. The fraction of sp³-hybridized carbons (Fsp3) is 0.353. The van der Waals surface area contributed by atoms with Crippen molar-refractivity contribution >= 4 is 17.2 Å². The van der Waals surface area contributed by atoms with Gasteiger partial charge in [-0.2, -0.15) is 24.5 Å². The van der Waals surface area contributed by atoms with Gasteiger partial charge in [-0.15, -0.1) is 0 Å². The van der Waals surface area contributed by atoms with Crippen LogP contribution in [-0.4, -0.2) is 19.6 Å². The van der Waals surface area contributed by atoms with E-state index >= 15 is 0 Å². The summed E-state index contributed by atoms with van der Waals surface area (Å²) in [5.74, 6) is -0.160. The first kappa shape index (κ1) is 18.5. The van der Waals surface area contributed by atoms with Gasteiger partial charge in [-0.25, -0.2) is 0 Å². The van der Waals surface area contributed by atoms with Crippen molar-refractivity contribution in [2.24, 2.45) is 0 Å². The van der Waals surface area contributed by atoms with Crippen LogP contribution in [0.2, 0.25) is 0 Å². The largest absolute Gasteiger partial charge is 0.416 e. The van der Waals surface area contributed by atoms with E-state index in [2.05, 4.69) is 5.32 Å². The summed E-state index contributed by atoms with van der Waals surface area (Å²) in [6.07, 6.45) is -3.94. The third-order valence-electron chi connectivity index (χ3n) is 3.61. The predicted molar refractivity (Wildman–Crippen MR) is 86.8 cm³/mol. The van der Waals surface area contributed by atoms with Crippen molar-refractivity contribution in [1.82, 2.24) is 5.32 Å². The number of rotatable bonds is 7. The minimum Gasteiger partial charge on any atom is -0.375 e. The van der Waals surface area contributed by atoms with Gasteiger partial charge in [-0.3, -0.25) is 4.79 Å². The number of halogens is 3. The molecule has 0 aliphatic heterocycles. The van der Waals surface area contributed by atoms with Gasteiger partial charge in [0.25, 0.3) is 0 Å². The van der Waals surface area contributed by atoms with Gasteiger partial charge >= 0.3 is 6.18 Å². The summed E-state index contributed by atoms with van der Waals surface area (Å²) in [5, 5.41) is 6.69. The molecule has 0 aliphatic rings. The van der Waals surface area contributed by atoms with Gasteiger partial charge in [0, 0.05) is 20.1 Å². The standard InChI is InChI=1S/C17H18F3NO2S/c1-23-15(13-8-9-24-11-13)10-21-16(22)7-4-12-2-5-14(6-3-12)17(18,19)20/h2-3,5-6,8-9,11,15H,4,7,10H2,1H3,(H,21,22)/t15-/m0/s1. The number of methoxy groups -OCH3 is 1. The van der Waals surface area contributed by atoms with Crippen molar-refractivity contribution < 1.29 is 22.7 Å². The van der Waals surface area contributed by atoms with E-state index in [4.69, 9.17) is 4.74 Å². The molecule has 130 valence electrons. The number of alkyl halides is 3. The number of thiophene rings is 1. The number of carbonyl (C=O) groups excluding carboxylic acids is 1. The Morgan fingerprint density at radius 2 is 1.96 bits per heavy atom. The number of ether oxygens (including phenoxy) is 1. The zero-order valence-electron chi connectivity index (χ0n) is 13.1. The molecular weight excluding hydrogens is 339 g/mol. The van der Waals surface area contributed by atoms with E-state index in [-0.39, 0.29) is 18.4 Å². The second kappa shape index (κ2) is 8.30. The first-order chi connectivity index (χ1) is 11.4. The molecule has 0 saturated heterocycles. The average molecular weight is 357 g/mol. The lowest BCUT2D eigenvalue weighted by Crippen LogP contribution is -2.29. The van der Waals surface area contributed by atoms with Gasteiger partial charge in [0.15, 0.2) is 0 Å². The number of hydrogen-bond acceptors (Lipinski definition) is 3. The van der Waals surface area contributed by atoms with E-state index in [9.17, 15) is 18.0 Å². The molecule has 2 rings (SSSR count). The predicted octanol–water partition coefficient (Wildman–Crippen LogP) is 4.20. The Hall–Kier alpha value is -1.86. The van der Waals surface area contributed by atoms with Crippen molar-refractivity contribution in [3.63, 3.8) is 0 Å². The molecule has 1 aromatic carbocycles. The minimum absolute atomic E-state index is 0.160. The molecule has 2 aromatic rings. The molecule has 24 heavy (non-hydrogen) atoms. The highest BCUT2D eigenvalue weighted by atomic mass is 32.1. The zero-order valence-corrected chi connectivity index (χ0v) is 13.9. The first-order valence-corrected chi connectivity index (χ1v) is 8.32. The summed E-state index contributed by atoms with van der Waals surface area (Å²) in [6.45, 7) is 0.360. The molecule has 1 atom stereocenters. The molecule has 0 fully saturated rings. The normalized spacial score (nSPS) is 12.8. The molecular formula is C17H18F3NO2S. The Morgan fingerprint density at radius 3 is 2.50 bits per heavy atom. The van der Waals surface area contributed by atoms with Crippen LogP contribution in [0.3, 0.4) is 0 Å². The summed E-state index contributed by atoms with van der Waals surface area (Å²) >= 11 is 1.56. The van der Waals surface area contributed by atoms with E-state index in [1.54, 1.807) is 18.4 Å². The molecule has 0 aliphatic carbocycles. The summed E-state index contributed by atoms with van der Waals surface area (Å²) in [6, 6.07) is 6.81. The zero-order chi connectivity index (χ0) is 17.6. The van der Waals surface area contributed by atoms with Crippen LogP contribution in [0.25, 0.3) is 0 Å². The van der Waals surface area contributed by atoms with Crippen molar-refractivity contribution in [2.45, 2.75) is 25.1 Å². The van der Waals surface area contributed by atoms with Crippen molar-refractivity contribution in [2.75, 3.05) is 13.7 Å². The molecule has 3 nitrogen and oxygen atoms in total. The average Bonchev–Trinajstić information content (AvgIpc) is 3.07. The molecule has 1 heterocycles. The number of carbonyl (C=O) groups is 1. The number of amides is 1. The molecule has 0 saturated carbocycles. The van der Waals surface area contributed by atoms with E-state index in [0.29, 0.717) is 18.5 Å². The van der Waals surface area contributed by atoms with Gasteiger partial charge in [0.1, 0.15) is 6.10 Å². The highest BCUT2D eigenvalue weighted by Crippen LogP contribution is 2.29. The van der Waals surface area contributed by atoms with Gasteiger partial charge in [0.2, 0.25) is 5.91 Å². The summed E-state index contributed by atoms with van der Waals surface area (Å²) in [4.78, 5) is 11.9. The van der Waals surface area contributed by atoms with Crippen LogP contribution in [-0.2, 0) is 22.1 Å². The number of benzene rings is 1. The lowest BCUT2D eigenvalue weighted by atomic mass is 10.1. The second-order valence-electron chi connectivity index (χ2n) is 5.28. The van der Waals surface area contributed by atoms with E-state index in [1.165, 1.54) is 12.1 Å². The van der Waals surface area contributed by atoms with Crippen LogP contribution in [0.1, 0.15) is 29.2 Å². The van der Waals surface area contributed by atoms with Crippen LogP contribution in [0.5, 0.6) is 0 Å². The maximum Gasteiger partial charge on any atom is 0.416 e. The van der Waals surface area contributed by atoms with Crippen molar-refractivity contribution in [3.05, 3.63) is 57.8 Å². The van der Waals surface area contributed by atoms with Crippen LogP contribution < -0.4 is 5.32 Å². The lowest BCUT2D eigenvalue weighted by Gasteiger charge is -2.15. The molecule has 1 N–H and O–H groups in total. The first-order valence-electron chi connectivity index (χ1n) is 7.38. The molecule has 0 unspecified atom stereocenters. The quantitative estimate of drug-likeness (QED) is 0.806. The topological polar surface area (TPSA) is 38.3 Å². The Labute approximate surface area is 142 Å². The van der Waals surface area contributed by atoms with Crippen LogP contribution >= 0.6 is 11.3 Å². The third-order valence-corrected chi connectivity index (χ3v) is 4.31. The fourth-order valence-electron chi connectivity index (χ4n) is 2.21. The summed E-state index contributed by atoms with van der Waals surface area (Å²) in [7, 11) is 1.58. The van der Waals surface area contributed by atoms with E-state index in [1.807, 2.05) is 16.8 Å². The smallest absolute Gasteiger partial charge is 0.375 e. The number of nitrogens with one attached hydrogen (secondary N) is 1. The van der Waals surface area contributed by atoms with Crippen LogP contribution in [0.4, 0.5) is 13.2 Å². The summed E-state index contributed by atoms with van der Waals surface area (Å²) < 4.78 is 42.8. The SMILES string of the molecule is CO[C@@H](CNC(=O)CCc1ccc(C(F)(F)F)cc1)c1ccsc1. The third kappa shape index (κ3) is 5.35. The molecule has 7 heteroatoms. The van der Waals surface area contributed by atoms with Crippen LogP contribution in [0, 0.1) is 0 Å². The van der Waals surface area contributed by atoms with E-state index in [0.717, 1.165) is 17.7 Å². The van der Waals surface area contributed by atoms with Crippen LogP contribution in [0.15, 0.2) is 41.1 Å². The van der Waals surface area contributed by atoms with Crippen molar-refractivity contribution in [3.8, 4) is 0 Å². The minimum atomic E-state index is -4.34. The second-order valence-corrected chi connectivity index (χ2v) is 6.06.